The Bertz CT molecular complexity index is 636. The monoisotopic (exact) mass is 290 g/mol. The van der Waals surface area contributed by atoms with Gasteiger partial charge in [-0.3, -0.25) is 4.79 Å². The highest BCUT2D eigenvalue weighted by Gasteiger charge is 2.34. The van der Waals surface area contributed by atoms with Gasteiger partial charge >= 0.3 is 0 Å². The van der Waals surface area contributed by atoms with Gasteiger partial charge in [-0.25, -0.2) is 4.39 Å². The Kier molecular flexibility index (Phi) is 3.44. The maximum Gasteiger partial charge on any atom is 0.266 e. The topological polar surface area (TPSA) is 46.3 Å². The van der Waals surface area contributed by atoms with E-state index in [2.05, 4.69) is 0 Å². The molecule has 1 amide bonds. The molecule has 3 rings (SSSR count). The molecule has 0 unspecified atom stereocenters. The van der Waals surface area contributed by atoms with Crippen LogP contribution < -0.4 is 5.73 Å². The van der Waals surface area contributed by atoms with Crippen LogP contribution in [-0.2, 0) is 6.54 Å². The zero-order valence-corrected chi connectivity index (χ0v) is 11.7. The molecule has 0 spiro atoms. The lowest BCUT2D eigenvalue weighted by atomic mass is 10.2. The van der Waals surface area contributed by atoms with E-state index in [-0.39, 0.29) is 17.8 Å². The summed E-state index contributed by atoms with van der Waals surface area (Å²) in [5.41, 5.74) is 6.86. The first kappa shape index (κ1) is 13.1. The number of benzene rings is 1. The van der Waals surface area contributed by atoms with E-state index in [4.69, 9.17) is 5.73 Å². The van der Waals surface area contributed by atoms with E-state index in [0.717, 1.165) is 12.8 Å². The summed E-state index contributed by atoms with van der Waals surface area (Å²) >= 11 is 1.34. The number of nitrogens with zero attached hydrogens (tertiary/aromatic N) is 1. The van der Waals surface area contributed by atoms with Gasteiger partial charge < -0.3 is 10.6 Å². The maximum atomic E-state index is 13.8. The van der Waals surface area contributed by atoms with Crippen molar-refractivity contribution in [2.75, 3.05) is 5.73 Å². The van der Waals surface area contributed by atoms with Gasteiger partial charge in [0.05, 0.1) is 5.69 Å². The Balaban J connectivity index is 1.85. The number of amides is 1. The largest absolute Gasteiger partial charge is 0.397 e. The lowest BCUT2D eigenvalue weighted by Gasteiger charge is -2.22. The summed E-state index contributed by atoms with van der Waals surface area (Å²) in [6, 6.07) is 8.52. The van der Waals surface area contributed by atoms with Crippen molar-refractivity contribution in [3.8, 4) is 0 Å². The molecule has 0 aliphatic heterocycles. The molecule has 1 aromatic heterocycles. The fourth-order valence-electron chi connectivity index (χ4n) is 2.19. The van der Waals surface area contributed by atoms with Gasteiger partial charge in [0, 0.05) is 18.2 Å². The zero-order valence-electron chi connectivity index (χ0n) is 10.9. The first-order valence-electron chi connectivity index (χ1n) is 6.54. The smallest absolute Gasteiger partial charge is 0.266 e. The summed E-state index contributed by atoms with van der Waals surface area (Å²) < 4.78 is 13.8. The highest BCUT2D eigenvalue weighted by Crippen LogP contribution is 2.32. The van der Waals surface area contributed by atoms with Gasteiger partial charge in [-0.15, -0.1) is 11.3 Å². The lowest BCUT2D eigenvalue weighted by Crippen LogP contribution is -2.32. The molecule has 1 aromatic carbocycles. The summed E-state index contributed by atoms with van der Waals surface area (Å²) in [6.07, 6.45) is 1.96. The Morgan fingerprint density at radius 1 is 1.35 bits per heavy atom. The van der Waals surface area contributed by atoms with Crippen LogP contribution in [0.15, 0.2) is 35.7 Å². The van der Waals surface area contributed by atoms with Crippen molar-refractivity contribution >= 4 is 22.9 Å². The van der Waals surface area contributed by atoms with E-state index in [9.17, 15) is 9.18 Å². The molecule has 2 N–H and O–H groups in total. The third-order valence-electron chi connectivity index (χ3n) is 3.44. The fourth-order valence-corrected chi connectivity index (χ4v) is 2.96. The van der Waals surface area contributed by atoms with E-state index in [0.29, 0.717) is 22.7 Å². The lowest BCUT2D eigenvalue weighted by molar-refractivity contribution is 0.0734. The molecule has 0 bridgehead atoms. The molecule has 1 heterocycles. The van der Waals surface area contributed by atoms with Gasteiger partial charge in [0.2, 0.25) is 0 Å². The van der Waals surface area contributed by atoms with Crippen LogP contribution in [0.4, 0.5) is 10.1 Å². The van der Waals surface area contributed by atoms with Crippen molar-refractivity contribution in [2.24, 2.45) is 0 Å². The van der Waals surface area contributed by atoms with Crippen LogP contribution in [0.25, 0.3) is 0 Å². The Labute approximate surface area is 120 Å². The Hall–Kier alpha value is -1.88. The number of hydrogen-bond donors (Lipinski definition) is 1. The first-order valence-corrected chi connectivity index (χ1v) is 7.42. The van der Waals surface area contributed by atoms with E-state index < -0.39 is 0 Å². The SMILES string of the molecule is Nc1ccsc1C(=O)N(Cc1ccccc1F)C1CC1. The summed E-state index contributed by atoms with van der Waals surface area (Å²) in [5.74, 6) is -0.367. The van der Waals surface area contributed by atoms with Gasteiger partial charge in [-0.1, -0.05) is 18.2 Å². The van der Waals surface area contributed by atoms with Crippen LogP contribution in [-0.4, -0.2) is 16.8 Å². The predicted molar refractivity (Wildman–Crippen MR) is 78.0 cm³/mol. The average molecular weight is 290 g/mol. The molecule has 104 valence electrons. The van der Waals surface area contributed by atoms with Gasteiger partial charge in [0.25, 0.3) is 5.91 Å². The third-order valence-corrected chi connectivity index (χ3v) is 4.36. The first-order chi connectivity index (χ1) is 9.66. The highest BCUT2D eigenvalue weighted by molar-refractivity contribution is 7.12. The number of nitrogen functional groups attached to an aromatic ring is 1. The normalized spacial score (nSPS) is 14.2. The van der Waals surface area contributed by atoms with Crippen LogP contribution in [0.2, 0.25) is 0 Å². The average Bonchev–Trinajstić information content (AvgIpc) is 3.19. The highest BCUT2D eigenvalue weighted by atomic mass is 32.1. The van der Waals surface area contributed by atoms with Crippen LogP contribution in [0.5, 0.6) is 0 Å². The van der Waals surface area contributed by atoms with E-state index in [1.807, 2.05) is 0 Å². The maximum absolute atomic E-state index is 13.8. The molecule has 20 heavy (non-hydrogen) atoms. The van der Waals surface area contributed by atoms with Crippen molar-refractivity contribution in [1.82, 2.24) is 4.90 Å². The standard InChI is InChI=1S/C15H15FN2OS/c16-12-4-2-1-3-10(12)9-18(11-5-6-11)15(19)14-13(17)7-8-20-14/h1-4,7-8,11H,5-6,9,17H2. The minimum absolute atomic E-state index is 0.0942. The zero-order chi connectivity index (χ0) is 14.1. The number of rotatable bonds is 4. The van der Waals surface area contributed by atoms with Gasteiger partial charge in [0.15, 0.2) is 0 Å². The van der Waals surface area contributed by atoms with Gasteiger partial charge in [-0.05, 0) is 30.4 Å². The van der Waals surface area contributed by atoms with Crippen molar-refractivity contribution < 1.29 is 9.18 Å². The molecule has 0 radical (unpaired) electrons. The third kappa shape index (κ3) is 2.54. The van der Waals surface area contributed by atoms with Crippen molar-refractivity contribution in [3.63, 3.8) is 0 Å². The molecule has 1 aliphatic rings. The van der Waals surface area contributed by atoms with Gasteiger partial charge in [-0.2, -0.15) is 0 Å². The molecule has 1 fully saturated rings. The summed E-state index contributed by atoms with van der Waals surface area (Å²) in [7, 11) is 0. The molecule has 2 aromatic rings. The second-order valence-electron chi connectivity index (χ2n) is 4.96. The predicted octanol–water partition coefficient (Wildman–Crippen LogP) is 3.27. The number of carbonyl (C=O) groups is 1. The second-order valence-corrected chi connectivity index (χ2v) is 5.88. The van der Waals surface area contributed by atoms with E-state index in [1.165, 1.54) is 17.4 Å². The molecule has 5 heteroatoms. The van der Waals surface area contributed by atoms with Crippen LogP contribution in [0, 0.1) is 5.82 Å². The molecule has 0 atom stereocenters. The number of carbonyl (C=O) groups excluding carboxylic acids is 1. The van der Waals surface area contributed by atoms with Crippen LogP contribution in [0.3, 0.4) is 0 Å². The number of halogens is 1. The quantitative estimate of drug-likeness (QED) is 0.939. The van der Waals surface area contributed by atoms with Crippen molar-refractivity contribution in [1.29, 1.82) is 0 Å². The van der Waals surface area contributed by atoms with E-state index >= 15 is 0 Å². The van der Waals surface area contributed by atoms with Crippen molar-refractivity contribution in [2.45, 2.75) is 25.4 Å². The van der Waals surface area contributed by atoms with Crippen LogP contribution >= 0.6 is 11.3 Å². The molecule has 3 nitrogen and oxygen atoms in total. The molecule has 1 saturated carbocycles. The summed E-state index contributed by atoms with van der Waals surface area (Å²) in [5, 5.41) is 1.80. The summed E-state index contributed by atoms with van der Waals surface area (Å²) in [6.45, 7) is 0.299. The minimum atomic E-state index is -0.273. The molecule has 1 aliphatic carbocycles. The summed E-state index contributed by atoms with van der Waals surface area (Å²) in [4.78, 5) is 14.8. The number of thiophene rings is 1. The minimum Gasteiger partial charge on any atom is -0.397 e. The van der Waals surface area contributed by atoms with Crippen molar-refractivity contribution in [3.05, 3.63) is 52.0 Å². The van der Waals surface area contributed by atoms with Crippen LogP contribution in [0.1, 0.15) is 28.1 Å². The Morgan fingerprint density at radius 3 is 2.70 bits per heavy atom. The molecular formula is C15H15FN2OS. The fraction of sp³-hybridized carbons (Fsp3) is 0.267. The van der Waals surface area contributed by atoms with Gasteiger partial charge in [0.1, 0.15) is 10.7 Å². The number of anilines is 1. The number of nitrogens with two attached hydrogens (primary N) is 1. The molecular weight excluding hydrogens is 275 g/mol. The number of hydrogen-bond acceptors (Lipinski definition) is 3. The second kappa shape index (κ2) is 5.25. The molecule has 0 saturated heterocycles. The Morgan fingerprint density at radius 2 is 2.10 bits per heavy atom. The van der Waals surface area contributed by atoms with E-state index in [1.54, 1.807) is 34.5 Å².